The van der Waals surface area contributed by atoms with E-state index in [0.717, 1.165) is 4.47 Å². The van der Waals surface area contributed by atoms with Gasteiger partial charge in [0, 0.05) is 4.47 Å². The summed E-state index contributed by atoms with van der Waals surface area (Å²) in [5, 5.41) is 7.45. The van der Waals surface area contributed by atoms with Crippen molar-refractivity contribution in [1.82, 2.24) is 0 Å². The molecule has 94 valence electrons. The number of nitrogens with two attached hydrogens (primary N) is 1. The Bertz CT molecular complexity index is 394. The summed E-state index contributed by atoms with van der Waals surface area (Å²) >= 11 is 3.36. The number of hydrogen-bond donors (Lipinski definition) is 2. The second-order valence-corrected chi connectivity index (χ2v) is 4.74. The predicted molar refractivity (Wildman–Crippen MR) is 71.7 cm³/mol. The minimum atomic E-state index is -0.00252. The lowest BCUT2D eigenvalue weighted by Gasteiger charge is -2.12. The third-order valence-electron chi connectivity index (χ3n) is 2.03. The van der Waals surface area contributed by atoms with Gasteiger partial charge in [0.25, 0.3) is 0 Å². The van der Waals surface area contributed by atoms with Crippen molar-refractivity contribution < 1.29 is 9.47 Å². The number of ether oxygens (including phenoxy) is 2. The summed E-state index contributed by atoms with van der Waals surface area (Å²) in [6.45, 7) is 4.90. The van der Waals surface area contributed by atoms with Crippen LogP contribution in [0.5, 0.6) is 5.75 Å². The normalized spacial score (nSPS) is 10.6. The Hall–Kier alpha value is -1.07. The Morgan fingerprint density at radius 3 is 2.71 bits per heavy atom. The molecule has 0 unspecified atom stereocenters. The molecule has 3 N–H and O–H groups in total. The first-order chi connectivity index (χ1) is 8.00. The molecule has 4 nitrogen and oxygen atoms in total. The predicted octanol–water partition coefficient (Wildman–Crippen LogP) is 2.54. The first-order valence-corrected chi connectivity index (χ1v) is 6.18. The third-order valence-corrected chi connectivity index (χ3v) is 2.52. The van der Waals surface area contributed by atoms with Crippen LogP contribution in [0.15, 0.2) is 22.7 Å². The number of benzene rings is 1. The Kier molecular flexibility index (Phi) is 5.44. The van der Waals surface area contributed by atoms with E-state index in [2.05, 4.69) is 15.9 Å². The first-order valence-electron chi connectivity index (χ1n) is 5.39. The molecule has 1 aromatic rings. The molecule has 5 heteroatoms. The number of nitrogen functional groups attached to an aromatic ring is 1. The van der Waals surface area contributed by atoms with Gasteiger partial charge >= 0.3 is 0 Å². The number of rotatable bonds is 6. The lowest BCUT2D eigenvalue weighted by Crippen LogP contribution is -2.16. The van der Waals surface area contributed by atoms with Crippen molar-refractivity contribution in [2.75, 3.05) is 13.2 Å². The number of hydrogen-bond acceptors (Lipinski definition) is 3. The summed E-state index contributed by atoms with van der Waals surface area (Å²) in [5.74, 6) is 0.594. The highest BCUT2D eigenvalue weighted by Crippen LogP contribution is 2.23. The molecule has 0 heterocycles. The molecule has 0 bridgehead atoms. The van der Waals surface area contributed by atoms with Gasteiger partial charge in [-0.3, -0.25) is 5.41 Å². The molecule has 0 aromatic heterocycles. The van der Waals surface area contributed by atoms with Gasteiger partial charge in [-0.1, -0.05) is 15.9 Å². The number of amidine groups is 1. The lowest BCUT2D eigenvalue weighted by atomic mass is 10.2. The largest absolute Gasteiger partial charge is 0.490 e. The Balaban J connectivity index is 2.62. The van der Waals surface area contributed by atoms with Crippen LogP contribution in [0, 0.1) is 5.41 Å². The van der Waals surface area contributed by atoms with E-state index in [1.165, 1.54) is 0 Å². The SMILES string of the molecule is CC(C)OCCOc1cc(Br)ccc1C(=N)N. The molecule has 0 aliphatic heterocycles. The summed E-state index contributed by atoms with van der Waals surface area (Å²) in [6.07, 6.45) is 0.188. The molecular weight excluding hydrogens is 284 g/mol. The molecule has 0 radical (unpaired) electrons. The van der Waals surface area contributed by atoms with Crippen LogP contribution in [-0.4, -0.2) is 25.2 Å². The van der Waals surface area contributed by atoms with E-state index in [-0.39, 0.29) is 11.9 Å². The van der Waals surface area contributed by atoms with Crippen LogP contribution >= 0.6 is 15.9 Å². The maximum Gasteiger partial charge on any atom is 0.131 e. The molecule has 1 aromatic carbocycles. The quantitative estimate of drug-likeness (QED) is 0.482. The molecule has 0 fully saturated rings. The molecule has 0 spiro atoms. The second-order valence-electron chi connectivity index (χ2n) is 3.82. The van der Waals surface area contributed by atoms with Crippen molar-refractivity contribution in [2.24, 2.45) is 5.73 Å². The van der Waals surface area contributed by atoms with E-state index in [4.69, 9.17) is 20.6 Å². The highest BCUT2D eigenvalue weighted by atomic mass is 79.9. The van der Waals surface area contributed by atoms with Crippen LogP contribution in [0.3, 0.4) is 0 Å². The van der Waals surface area contributed by atoms with Gasteiger partial charge in [0.05, 0.1) is 18.3 Å². The van der Waals surface area contributed by atoms with Gasteiger partial charge in [-0.15, -0.1) is 0 Å². The van der Waals surface area contributed by atoms with Crippen LogP contribution in [-0.2, 0) is 4.74 Å². The molecule has 0 aliphatic carbocycles. The summed E-state index contributed by atoms with van der Waals surface area (Å²) in [4.78, 5) is 0. The molecule has 0 amide bonds. The third kappa shape index (κ3) is 4.75. The van der Waals surface area contributed by atoms with Crippen LogP contribution < -0.4 is 10.5 Å². The van der Waals surface area contributed by atoms with Gasteiger partial charge in [-0.25, -0.2) is 0 Å². The zero-order chi connectivity index (χ0) is 12.8. The van der Waals surface area contributed by atoms with E-state index < -0.39 is 0 Å². The van der Waals surface area contributed by atoms with Crippen LogP contribution in [0.25, 0.3) is 0 Å². The molecule has 1 rings (SSSR count). The van der Waals surface area contributed by atoms with Gasteiger partial charge in [0.2, 0.25) is 0 Å². The van der Waals surface area contributed by atoms with Crippen molar-refractivity contribution in [3.05, 3.63) is 28.2 Å². The van der Waals surface area contributed by atoms with Gasteiger partial charge in [0.1, 0.15) is 18.2 Å². The second kappa shape index (κ2) is 6.61. The zero-order valence-electron chi connectivity index (χ0n) is 10.00. The van der Waals surface area contributed by atoms with Gasteiger partial charge in [-0.2, -0.15) is 0 Å². The van der Waals surface area contributed by atoms with E-state index >= 15 is 0 Å². The van der Waals surface area contributed by atoms with E-state index in [9.17, 15) is 0 Å². The number of nitrogens with one attached hydrogen (secondary N) is 1. The Labute approximate surface area is 110 Å². The first kappa shape index (κ1) is 14.0. The fourth-order valence-corrected chi connectivity index (χ4v) is 1.61. The minimum absolute atomic E-state index is 0.00252. The van der Waals surface area contributed by atoms with Crippen molar-refractivity contribution in [2.45, 2.75) is 20.0 Å². The summed E-state index contributed by atoms with van der Waals surface area (Å²) in [5.41, 5.74) is 6.07. The average molecular weight is 301 g/mol. The van der Waals surface area contributed by atoms with Crippen molar-refractivity contribution in [1.29, 1.82) is 5.41 Å². The zero-order valence-corrected chi connectivity index (χ0v) is 11.6. The van der Waals surface area contributed by atoms with E-state index in [1.54, 1.807) is 12.1 Å². The molecule has 17 heavy (non-hydrogen) atoms. The van der Waals surface area contributed by atoms with Crippen molar-refractivity contribution >= 4 is 21.8 Å². The number of halogens is 1. The van der Waals surface area contributed by atoms with Gasteiger partial charge in [-0.05, 0) is 32.0 Å². The topological polar surface area (TPSA) is 68.3 Å². The highest BCUT2D eigenvalue weighted by molar-refractivity contribution is 9.10. The highest BCUT2D eigenvalue weighted by Gasteiger charge is 2.07. The van der Waals surface area contributed by atoms with Crippen LogP contribution in [0.2, 0.25) is 0 Å². The fourth-order valence-electron chi connectivity index (χ4n) is 1.27. The maximum absolute atomic E-state index is 7.45. The maximum atomic E-state index is 7.45. The monoisotopic (exact) mass is 300 g/mol. The molecule has 0 atom stereocenters. The average Bonchev–Trinajstić information content (AvgIpc) is 2.23. The smallest absolute Gasteiger partial charge is 0.131 e. The van der Waals surface area contributed by atoms with E-state index in [1.807, 2.05) is 19.9 Å². The van der Waals surface area contributed by atoms with Crippen LogP contribution in [0.4, 0.5) is 0 Å². The Morgan fingerprint density at radius 1 is 1.41 bits per heavy atom. The van der Waals surface area contributed by atoms with Crippen molar-refractivity contribution in [3.8, 4) is 5.75 Å². The summed E-state index contributed by atoms with van der Waals surface area (Å²) in [7, 11) is 0. The van der Waals surface area contributed by atoms with Gasteiger partial charge < -0.3 is 15.2 Å². The lowest BCUT2D eigenvalue weighted by molar-refractivity contribution is 0.0552. The standard InChI is InChI=1S/C12H17BrN2O2/c1-8(2)16-5-6-17-11-7-9(13)3-4-10(11)12(14)15/h3-4,7-8H,5-6H2,1-2H3,(H3,14,15). The van der Waals surface area contributed by atoms with Gasteiger partial charge in [0.15, 0.2) is 0 Å². The molecule has 0 saturated heterocycles. The summed E-state index contributed by atoms with van der Waals surface area (Å²) in [6, 6.07) is 5.38. The molecule has 0 aliphatic rings. The molecular formula is C12H17BrN2O2. The van der Waals surface area contributed by atoms with Crippen LogP contribution in [0.1, 0.15) is 19.4 Å². The fraction of sp³-hybridized carbons (Fsp3) is 0.417. The summed E-state index contributed by atoms with van der Waals surface area (Å²) < 4.78 is 11.8. The van der Waals surface area contributed by atoms with Crippen molar-refractivity contribution in [3.63, 3.8) is 0 Å². The van der Waals surface area contributed by atoms with E-state index in [0.29, 0.717) is 24.5 Å². The minimum Gasteiger partial charge on any atom is -0.490 e. The molecule has 0 saturated carbocycles. The Morgan fingerprint density at radius 2 is 2.12 bits per heavy atom.